The predicted molar refractivity (Wildman–Crippen MR) is 74.5 cm³/mol. The quantitative estimate of drug-likeness (QED) is 0.801. The number of amides is 1. The van der Waals surface area contributed by atoms with E-state index in [1.807, 2.05) is 17.9 Å². The van der Waals surface area contributed by atoms with Gasteiger partial charge in [-0.05, 0) is 37.8 Å². The number of pyridine rings is 1. The van der Waals surface area contributed by atoms with Crippen LogP contribution >= 0.6 is 11.6 Å². The first-order chi connectivity index (χ1) is 9.06. The monoisotopic (exact) mass is 282 g/mol. The van der Waals surface area contributed by atoms with E-state index in [9.17, 15) is 4.79 Å². The molecule has 0 N–H and O–H groups in total. The van der Waals surface area contributed by atoms with Gasteiger partial charge < -0.3 is 9.64 Å². The van der Waals surface area contributed by atoms with E-state index in [1.54, 1.807) is 13.0 Å². The lowest BCUT2D eigenvalue weighted by molar-refractivity contribution is -0.130. The Morgan fingerprint density at radius 1 is 1.47 bits per heavy atom. The molecule has 0 atom stereocenters. The van der Waals surface area contributed by atoms with E-state index in [0.717, 1.165) is 37.4 Å². The SMILES string of the molecule is CC(=O)N1CCC(COc2ccc(Cl)nc2C)CC1. The summed E-state index contributed by atoms with van der Waals surface area (Å²) in [5.74, 6) is 1.46. The summed E-state index contributed by atoms with van der Waals surface area (Å²) in [6, 6.07) is 3.59. The fraction of sp³-hybridized carbons (Fsp3) is 0.571. The maximum absolute atomic E-state index is 11.2. The summed E-state index contributed by atoms with van der Waals surface area (Å²) in [5.41, 5.74) is 0.814. The Labute approximate surface area is 118 Å². The zero-order chi connectivity index (χ0) is 13.8. The molecule has 0 unspecified atom stereocenters. The number of carbonyl (C=O) groups is 1. The Hall–Kier alpha value is -1.29. The van der Waals surface area contributed by atoms with Crippen LogP contribution in [0.1, 0.15) is 25.5 Å². The fourth-order valence-corrected chi connectivity index (χ4v) is 2.48. The molecule has 0 radical (unpaired) electrons. The Kier molecular flexibility index (Phi) is 4.64. The van der Waals surface area contributed by atoms with Crippen LogP contribution in [0.5, 0.6) is 5.75 Å². The van der Waals surface area contributed by atoms with Gasteiger partial charge in [0.2, 0.25) is 5.91 Å². The van der Waals surface area contributed by atoms with Crippen molar-refractivity contribution in [2.45, 2.75) is 26.7 Å². The average Bonchev–Trinajstić information content (AvgIpc) is 2.38. The molecule has 0 saturated carbocycles. The number of carbonyl (C=O) groups excluding carboxylic acids is 1. The van der Waals surface area contributed by atoms with Crippen LogP contribution in [0.3, 0.4) is 0 Å². The molecule has 0 bridgehead atoms. The van der Waals surface area contributed by atoms with Crippen LogP contribution in [0.2, 0.25) is 5.15 Å². The van der Waals surface area contributed by atoms with Gasteiger partial charge in [0.1, 0.15) is 10.9 Å². The number of halogens is 1. The largest absolute Gasteiger partial charge is 0.491 e. The van der Waals surface area contributed by atoms with Crippen LogP contribution in [-0.4, -0.2) is 35.5 Å². The highest BCUT2D eigenvalue weighted by Gasteiger charge is 2.21. The summed E-state index contributed by atoms with van der Waals surface area (Å²) in [5, 5.41) is 0.486. The smallest absolute Gasteiger partial charge is 0.219 e. The first-order valence-corrected chi connectivity index (χ1v) is 6.95. The number of nitrogens with zero attached hydrogens (tertiary/aromatic N) is 2. The number of likely N-dealkylation sites (tertiary alicyclic amines) is 1. The lowest BCUT2D eigenvalue weighted by Gasteiger charge is -2.31. The molecule has 1 aromatic heterocycles. The van der Waals surface area contributed by atoms with Crippen LogP contribution in [0.15, 0.2) is 12.1 Å². The molecule has 2 rings (SSSR count). The lowest BCUT2D eigenvalue weighted by atomic mass is 9.98. The summed E-state index contributed by atoms with van der Waals surface area (Å²) >= 11 is 5.81. The minimum atomic E-state index is 0.164. The summed E-state index contributed by atoms with van der Waals surface area (Å²) < 4.78 is 5.80. The van der Waals surface area contributed by atoms with Gasteiger partial charge in [0.15, 0.2) is 0 Å². The Morgan fingerprint density at radius 2 is 2.16 bits per heavy atom. The molecule has 104 valence electrons. The van der Waals surface area contributed by atoms with Crippen LogP contribution in [-0.2, 0) is 4.79 Å². The maximum atomic E-state index is 11.2. The predicted octanol–water partition coefficient (Wildman–Crippen LogP) is 2.68. The number of hydrogen-bond donors (Lipinski definition) is 0. The van der Waals surface area contributed by atoms with E-state index in [1.165, 1.54) is 0 Å². The van der Waals surface area contributed by atoms with Crippen LogP contribution in [0, 0.1) is 12.8 Å². The maximum Gasteiger partial charge on any atom is 0.219 e. The van der Waals surface area contributed by atoms with Gasteiger partial charge in [-0.15, -0.1) is 0 Å². The van der Waals surface area contributed by atoms with Gasteiger partial charge in [-0.3, -0.25) is 4.79 Å². The molecule has 5 heteroatoms. The highest BCUT2D eigenvalue weighted by atomic mass is 35.5. The van der Waals surface area contributed by atoms with Gasteiger partial charge in [0.05, 0.1) is 12.3 Å². The van der Waals surface area contributed by atoms with Crippen LogP contribution in [0.4, 0.5) is 0 Å². The van der Waals surface area contributed by atoms with E-state index in [2.05, 4.69) is 4.98 Å². The second-order valence-electron chi connectivity index (χ2n) is 4.98. The molecule has 4 nitrogen and oxygen atoms in total. The van der Waals surface area contributed by atoms with Gasteiger partial charge in [-0.25, -0.2) is 4.98 Å². The molecule has 1 aliphatic heterocycles. The second kappa shape index (κ2) is 6.24. The van der Waals surface area contributed by atoms with Crippen molar-refractivity contribution in [3.63, 3.8) is 0 Å². The number of aryl methyl sites for hydroxylation is 1. The third-order valence-electron chi connectivity index (χ3n) is 3.54. The zero-order valence-electron chi connectivity index (χ0n) is 11.4. The molecular weight excluding hydrogens is 264 g/mol. The van der Waals surface area contributed by atoms with E-state index < -0.39 is 0 Å². The van der Waals surface area contributed by atoms with E-state index in [0.29, 0.717) is 17.7 Å². The van der Waals surface area contributed by atoms with Gasteiger partial charge in [0.25, 0.3) is 0 Å². The number of ether oxygens (including phenoxy) is 1. The minimum absolute atomic E-state index is 0.164. The van der Waals surface area contributed by atoms with Crippen molar-refractivity contribution >= 4 is 17.5 Å². The molecule has 19 heavy (non-hydrogen) atoms. The van der Waals surface area contributed by atoms with E-state index in [-0.39, 0.29) is 5.91 Å². The summed E-state index contributed by atoms with van der Waals surface area (Å²) in [7, 11) is 0. The van der Waals surface area contributed by atoms with Crippen molar-refractivity contribution in [3.8, 4) is 5.75 Å². The molecule has 1 amide bonds. The number of rotatable bonds is 3. The Bertz CT molecular complexity index is 457. The van der Waals surface area contributed by atoms with Crippen molar-refractivity contribution in [2.75, 3.05) is 19.7 Å². The molecule has 0 spiro atoms. The highest BCUT2D eigenvalue weighted by molar-refractivity contribution is 6.29. The number of piperidine rings is 1. The normalized spacial score (nSPS) is 16.5. The van der Waals surface area contributed by atoms with Gasteiger partial charge in [0, 0.05) is 20.0 Å². The van der Waals surface area contributed by atoms with Crippen LogP contribution in [0.25, 0.3) is 0 Å². The first-order valence-electron chi connectivity index (χ1n) is 6.57. The molecule has 0 aliphatic carbocycles. The standard InChI is InChI=1S/C14H19ClN2O2/c1-10-13(3-4-14(15)16-10)19-9-12-5-7-17(8-6-12)11(2)18/h3-4,12H,5-9H2,1-2H3. The molecule has 2 heterocycles. The van der Waals surface area contributed by atoms with E-state index >= 15 is 0 Å². The van der Waals surface area contributed by atoms with Crippen molar-refractivity contribution in [3.05, 3.63) is 23.0 Å². The zero-order valence-corrected chi connectivity index (χ0v) is 12.1. The van der Waals surface area contributed by atoms with Crippen molar-refractivity contribution in [1.29, 1.82) is 0 Å². The van der Waals surface area contributed by atoms with Gasteiger partial charge in [-0.1, -0.05) is 11.6 Å². The molecular formula is C14H19ClN2O2. The second-order valence-corrected chi connectivity index (χ2v) is 5.37. The molecule has 0 aromatic carbocycles. The third kappa shape index (κ3) is 3.83. The van der Waals surface area contributed by atoms with Crippen molar-refractivity contribution in [2.24, 2.45) is 5.92 Å². The highest BCUT2D eigenvalue weighted by Crippen LogP contribution is 2.22. The van der Waals surface area contributed by atoms with Crippen molar-refractivity contribution < 1.29 is 9.53 Å². The number of hydrogen-bond acceptors (Lipinski definition) is 3. The molecule has 1 fully saturated rings. The molecule has 1 aromatic rings. The summed E-state index contributed by atoms with van der Waals surface area (Å²) in [4.78, 5) is 17.3. The van der Waals surface area contributed by atoms with E-state index in [4.69, 9.17) is 16.3 Å². The third-order valence-corrected chi connectivity index (χ3v) is 3.75. The topological polar surface area (TPSA) is 42.4 Å². The van der Waals surface area contributed by atoms with Crippen molar-refractivity contribution in [1.82, 2.24) is 9.88 Å². The Morgan fingerprint density at radius 3 is 2.74 bits per heavy atom. The fourth-order valence-electron chi connectivity index (χ4n) is 2.29. The van der Waals surface area contributed by atoms with Gasteiger partial charge >= 0.3 is 0 Å². The molecule has 1 saturated heterocycles. The first kappa shape index (κ1) is 14.1. The minimum Gasteiger partial charge on any atom is -0.491 e. The lowest BCUT2D eigenvalue weighted by Crippen LogP contribution is -2.38. The average molecular weight is 283 g/mol. The summed E-state index contributed by atoms with van der Waals surface area (Å²) in [6.07, 6.45) is 2.00. The van der Waals surface area contributed by atoms with Gasteiger partial charge in [-0.2, -0.15) is 0 Å². The Balaban J connectivity index is 1.82. The van der Waals surface area contributed by atoms with Crippen LogP contribution < -0.4 is 4.74 Å². The summed E-state index contributed by atoms with van der Waals surface area (Å²) in [6.45, 7) is 5.86. The molecule has 1 aliphatic rings. The number of aromatic nitrogens is 1.